The van der Waals surface area contributed by atoms with Gasteiger partial charge in [0.15, 0.2) is 0 Å². The molecule has 0 rings (SSSR count). The van der Waals surface area contributed by atoms with E-state index >= 15 is 0 Å². The molecular formula is C12H24N2O3. The Morgan fingerprint density at radius 3 is 2.18 bits per heavy atom. The van der Waals surface area contributed by atoms with Crippen molar-refractivity contribution in [3.05, 3.63) is 0 Å². The van der Waals surface area contributed by atoms with Crippen molar-refractivity contribution in [1.82, 2.24) is 10.2 Å². The van der Waals surface area contributed by atoms with Gasteiger partial charge in [-0.25, -0.2) is 0 Å². The molecule has 0 aliphatic carbocycles. The quantitative estimate of drug-likeness (QED) is 0.687. The van der Waals surface area contributed by atoms with Gasteiger partial charge in [0.1, 0.15) is 6.54 Å². The van der Waals surface area contributed by atoms with Gasteiger partial charge >= 0.3 is 0 Å². The topological polar surface area (TPSA) is 66.5 Å². The van der Waals surface area contributed by atoms with E-state index in [1.165, 1.54) is 0 Å². The third kappa shape index (κ3) is 9.53. The Kier molecular flexibility index (Phi) is 13.4. The molecule has 0 spiro atoms. The molecule has 0 saturated carbocycles. The molecule has 0 aromatic heterocycles. The molecule has 0 aromatic rings. The first-order valence-electron chi connectivity index (χ1n) is 6.17. The van der Waals surface area contributed by atoms with Crippen LogP contribution in [0.1, 0.15) is 47.0 Å². The van der Waals surface area contributed by atoms with E-state index in [-0.39, 0.29) is 18.4 Å². The maximum Gasteiger partial charge on any atom is 0.240 e. The van der Waals surface area contributed by atoms with Crippen molar-refractivity contribution in [3.8, 4) is 0 Å². The van der Waals surface area contributed by atoms with Crippen LogP contribution in [0.3, 0.4) is 0 Å². The average Bonchev–Trinajstić information content (AvgIpc) is 2.36. The molecular weight excluding hydrogens is 220 g/mol. The summed E-state index contributed by atoms with van der Waals surface area (Å²) in [4.78, 5) is 34.0. The largest absolute Gasteiger partial charge is 0.355 e. The summed E-state index contributed by atoms with van der Waals surface area (Å²) in [6.45, 7) is 8.16. The van der Waals surface area contributed by atoms with Crippen molar-refractivity contribution in [1.29, 1.82) is 0 Å². The normalized spacial score (nSPS) is 8.71. The van der Waals surface area contributed by atoms with Crippen LogP contribution in [0.15, 0.2) is 0 Å². The van der Waals surface area contributed by atoms with Crippen LogP contribution in [0.25, 0.3) is 0 Å². The number of imide groups is 1. The Morgan fingerprint density at radius 2 is 1.76 bits per heavy atom. The second kappa shape index (κ2) is 12.7. The average molecular weight is 244 g/mol. The molecule has 0 heterocycles. The summed E-state index contributed by atoms with van der Waals surface area (Å²) in [6.07, 6.45) is 2.19. The van der Waals surface area contributed by atoms with Gasteiger partial charge in [0.25, 0.3) is 0 Å². The van der Waals surface area contributed by atoms with Crippen LogP contribution in [-0.4, -0.2) is 36.2 Å². The first kappa shape index (κ1) is 18.0. The lowest BCUT2D eigenvalue weighted by Crippen LogP contribution is -2.40. The molecule has 0 atom stereocenters. The molecule has 5 heteroatoms. The van der Waals surface area contributed by atoms with Crippen LogP contribution < -0.4 is 5.32 Å². The lowest BCUT2D eigenvalue weighted by Gasteiger charge is -2.14. The van der Waals surface area contributed by atoms with E-state index < -0.39 is 0 Å². The molecule has 0 bridgehead atoms. The highest BCUT2D eigenvalue weighted by molar-refractivity contribution is 5.91. The van der Waals surface area contributed by atoms with Gasteiger partial charge in [0.2, 0.25) is 18.2 Å². The number of rotatable bonds is 7. The molecule has 0 aromatic carbocycles. The van der Waals surface area contributed by atoms with Crippen LogP contribution in [0.5, 0.6) is 0 Å². The summed E-state index contributed by atoms with van der Waals surface area (Å²) in [5.74, 6) is -0.604. The van der Waals surface area contributed by atoms with E-state index in [0.717, 1.165) is 11.3 Å². The third-order valence-corrected chi connectivity index (χ3v) is 1.80. The zero-order valence-electron chi connectivity index (χ0n) is 11.3. The van der Waals surface area contributed by atoms with Crippen LogP contribution in [0.4, 0.5) is 0 Å². The van der Waals surface area contributed by atoms with Crippen molar-refractivity contribution in [3.63, 3.8) is 0 Å². The maximum absolute atomic E-state index is 11.3. The van der Waals surface area contributed by atoms with Crippen LogP contribution in [0, 0.1) is 0 Å². The minimum atomic E-state index is -0.306. The van der Waals surface area contributed by atoms with Gasteiger partial charge in [-0.3, -0.25) is 19.3 Å². The van der Waals surface area contributed by atoms with Crippen molar-refractivity contribution >= 4 is 18.2 Å². The van der Waals surface area contributed by atoms with E-state index in [0.29, 0.717) is 25.8 Å². The van der Waals surface area contributed by atoms with Crippen LogP contribution in [0.2, 0.25) is 0 Å². The zero-order valence-corrected chi connectivity index (χ0v) is 11.3. The van der Waals surface area contributed by atoms with Crippen molar-refractivity contribution in [2.24, 2.45) is 0 Å². The summed E-state index contributed by atoms with van der Waals surface area (Å²) in [6, 6.07) is 0. The zero-order chi connectivity index (χ0) is 13.7. The van der Waals surface area contributed by atoms with E-state index in [2.05, 4.69) is 5.32 Å². The van der Waals surface area contributed by atoms with Gasteiger partial charge in [-0.1, -0.05) is 27.7 Å². The molecule has 0 fully saturated rings. The maximum atomic E-state index is 11.3. The Morgan fingerprint density at radius 1 is 1.18 bits per heavy atom. The monoisotopic (exact) mass is 244 g/mol. The fourth-order valence-corrected chi connectivity index (χ4v) is 1.02. The predicted octanol–water partition coefficient (Wildman–Crippen LogP) is 1.32. The SMILES string of the molecule is CC.CCCNC(=O)CN(C=O)C(=O)CCC. The number of nitrogens with zero attached hydrogens (tertiary/aromatic N) is 1. The Balaban J connectivity index is 0. The molecule has 3 amide bonds. The van der Waals surface area contributed by atoms with Gasteiger partial charge in [-0.15, -0.1) is 0 Å². The number of carbonyl (C=O) groups is 3. The summed E-state index contributed by atoms with van der Waals surface area (Å²) >= 11 is 0. The van der Waals surface area contributed by atoms with Crippen molar-refractivity contribution < 1.29 is 14.4 Å². The third-order valence-electron chi connectivity index (χ3n) is 1.80. The number of nitrogens with one attached hydrogen (secondary N) is 1. The first-order chi connectivity index (χ1) is 8.15. The molecule has 0 unspecified atom stereocenters. The number of hydrogen-bond acceptors (Lipinski definition) is 3. The minimum absolute atomic E-state index is 0.178. The summed E-state index contributed by atoms with van der Waals surface area (Å²) in [5, 5.41) is 2.60. The fraction of sp³-hybridized carbons (Fsp3) is 0.750. The lowest BCUT2D eigenvalue weighted by molar-refractivity contribution is -0.142. The van der Waals surface area contributed by atoms with Gasteiger partial charge in [-0.2, -0.15) is 0 Å². The van der Waals surface area contributed by atoms with Crippen molar-refractivity contribution in [2.75, 3.05) is 13.1 Å². The summed E-state index contributed by atoms with van der Waals surface area (Å²) < 4.78 is 0. The Bertz CT molecular complexity index is 230. The van der Waals surface area contributed by atoms with Crippen LogP contribution >= 0.6 is 0 Å². The number of amides is 3. The molecule has 1 N–H and O–H groups in total. The smallest absolute Gasteiger partial charge is 0.240 e. The molecule has 5 nitrogen and oxygen atoms in total. The molecule has 0 aliphatic heterocycles. The lowest BCUT2D eigenvalue weighted by atomic mass is 10.3. The first-order valence-corrected chi connectivity index (χ1v) is 6.17. The molecule has 100 valence electrons. The van der Waals surface area contributed by atoms with Crippen molar-refractivity contribution in [2.45, 2.75) is 47.0 Å². The highest BCUT2D eigenvalue weighted by atomic mass is 16.2. The summed E-state index contributed by atoms with van der Waals surface area (Å²) in [7, 11) is 0. The van der Waals surface area contributed by atoms with Gasteiger partial charge in [-0.05, 0) is 12.8 Å². The highest BCUT2D eigenvalue weighted by Crippen LogP contribution is 1.94. The Hall–Kier alpha value is -1.39. The molecule has 0 aliphatic rings. The van der Waals surface area contributed by atoms with Gasteiger partial charge in [0.05, 0.1) is 0 Å². The standard InChI is InChI=1S/C10H18N2O3.C2H6/c1-3-5-10(15)12(8-13)7-9(14)11-6-4-2;1-2/h8H,3-7H2,1-2H3,(H,11,14);1-2H3. The molecule has 17 heavy (non-hydrogen) atoms. The second-order valence-corrected chi connectivity index (χ2v) is 3.23. The van der Waals surface area contributed by atoms with E-state index in [4.69, 9.17) is 0 Å². The second-order valence-electron chi connectivity index (χ2n) is 3.23. The van der Waals surface area contributed by atoms with Gasteiger partial charge in [0, 0.05) is 13.0 Å². The Labute approximate surface area is 104 Å². The fourth-order valence-electron chi connectivity index (χ4n) is 1.02. The van der Waals surface area contributed by atoms with Crippen LogP contribution in [-0.2, 0) is 14.4 Å². The van der Waals surface area contributed by atoms with Gasteiger partial charge < -0.3 is 5.32 Å². The highest BCUT2D eigenvalue weighted by Gasteiger charge is 2.14. The predicted molar refractivity (Wildman–Crippen MR) is 67.3 cm³/mol. The number of carbonyl (C=O) groups excluding carboxylic acids is 3. The number of hydrogen-bond donors (Lipinski definition) is 1. The van der Waals surface area contributed by atoms with E-state index in [9.17, 15) is 14.4 Å². The molecule has 0 radical (unpaired) electrons. The minimum Gasteiger partial charge on any atom is -0.355 e. The molecule has 0 saturated heterocycles. The van der Waals surface area contributed by atoms with E-state index in [1.807, 2.05) is 27.7 Å². The summed E-state index contributed by atoms with van der Waals surface area (Å²) in [5.41, 5.74) is 0. The van der Waals surface area contributed by atoms with E-state index in [1.54, 1.807) is 0 Å².